The van der Waals surface area contributed by atoms with Crippen LogP contribution in [0.15, 0.2) is 0 Å². The average molecular weight is 329 g/mol. The maximum atomic E-state index is 12.2. The second-order valence-electron chi connectivity index (χ2n) is 5.41. The van der Waals surface area contributed by atoms with E-state index in [-0.39, 0.29) is 10.8 Å². The van der Waals surface area contributed by atoms with Crippen molar-refractivity contribution >= 4 is 35.6 Å². The van der Waals surface area contributed by atoms with E-state index in [1.165, 1.54) is 14.0 Å². The predicted molar refractivity (Wildman–Crippen MR) is 78.9 cm³/mol. The van der Waals surface area contributed by atoms with Crippen LogP contribution in [0.5, 0.6) is 0 Å². The van der Waals surface area contributed by atoms with Gasteiger partial charge in [0.05, 0.1) is 4.87 Å². The number of urea groups is 1. The van der Waals surface area contributed by atoms with Gasteiger partial charge in [0.2, 0.25) is 5.91 Å². The zero-order valence-electron chi connectivity index (χ0n) is 12.7. The van der Waals surface area contributed by atoms with Crippen molar-refractivity contribution in [3.05, 3.63) is 0 Å². The Labute approximate surface area is 132 Å². The standard InChI is InChI=1S/C13H19N3O5S/c1-7(10(18)15-12(20)14-3)21-11(19)8-6-22-13(2)5-4-9(17)16(8)13/h7-8H,4-6H2,1-3H3,(H2,14,15,18,20)/t7-,8+,13+/m1/s1. The smallest absolute Gasteiger partial charge is 0.330 e. The van der Waals surface area contributed by atoms with Crippen LogP contribution in [0.4, 0.5) is 4.79 Å². The summed E-state index contributed by atoms with van der Waals surface area (Å²) >= 11 is 1.54. The van der Waals surface area contributed by atoms with E-state index in [2.05, 4.69) is 5.32 Å². The molecule has 2 aliphatic heterocycles. The maximum absolute atomic E-state index is 12.2. The molecule has 0 aromatic heterocycles. The lowest BCUT2D eigenvalue weighted by molar-refractivity contribution is -0.161. The van der Waals surface area contributed by atoms with Crippen LogP contribution >= 0.6 is 11.8 Å². The summed E-state index contributed by atoms with van der Waals surface area (Å²) in [6.07, 6.45) is 0.00633. The fourth-order valence-electron chi connectivity index (χ4n) is 2.58. The summed E-state index contributed by atoms with van der Waals surface area (Å²) in [6, 6.07) is -1.35. The molecule has 2 aliphatic rings. The number of carbonyl (C=O) groups is 4. The summed E-state index contributed by atoms with van der Waals surface area (Å²) in [7, 11) is 1.37. The van der Waals surface area contributed by atoms with Crippen molar-refractivity contribution in [3.8, 4) is 0 Å². The van der Waals surface area contributed by atoms with E-state index in [1.54, 1.807) is 16.7 Å². The Morgan fingerprint density at radius 1 is 1.45 bits per heavy atom. The highest BCUT2D eigenvalue weighted by atomic mass is 32.2. The summed E-state index contributed by atoms with van der Waals surface area (Å²) in [5.41, 5.74) is 0. The van der Waals surface area contributed by atoms with Crippen LogP contribution in [0.2, 0.25) is 0 Å². The molecule has 0 radical (unpaired) electrons. The predicted octanol–water partition coefficient (Wildman–Crippen LogP) is -0.172. The van der Waals surface area contributed by atoms with E-state index in [4.69, 9.17) is 4.74 Å². The van der Waals surface area contributed by atoms with Gasteiger partial charge < -0.3 is 15.0 Å². The molecular formula is C13H19N3O5S. The lowest BCUT2D eigenvalue weighted by Gasteiger charge is -2.29. The van der Waals surface area contributed by atoms with Gasteiger partial charge >= 0.3 is 12.0 Å². The van der Waals surface area contributed by atoms with Crippen LogP contribution in [-0.2, 0) is 19.1 Å². The molecule has 0 spiro atoms. The van der Waals surface area contributed by atoms with Crippen LogP contribution in [0, 0.1) is 0 Å². The summed E-state index contributed by atoms with van der Waals surface area (Å²) in [5.74, 6) is -0.956. The number of fused-ring (bicyclic) bond motifs is 1. The molecule has 0 bridgehead atoms. The molecule has 2 saturated heterocycles. The Morgan fingerprint density at radius 3 is 2.77 bits per heavy atom. The van der Waals surface area contributed by atoms with Gasteiger partial charge in [-0.1, -0.05) is 0 Å². The Morgan fingerprint density at radius 2 is 2.14 bits per heavy atom. The van der Waals surface area contributed by atoms with Crippen molar-refractivity contribution in [2.45, 2.75) is 43.7 Å². The van der Waals surface area contributed by atoms with E-state index < -0.39 is 30.1 Å². The van der Waals surface area contributed by atoms with Crippen molar-refractivity contribution in [1.29, 1.82) is 0 Å². The molecular weight excluding hydrogens is 310 g/mol. The molecule has 2 heterocycles. The number of carbonyl (C=O) groups excluding carboxylic acids is 4. The molecule has 2 rings (SSSR count). The van der Waals surface area contributed by atoms with Gasteiger partial charge in [0, 0.05) is 19.2 Å². The third-order valence-electron chi connectivity index (χ3n) is 3.84. The number of imide groups is 1. The first-order valence-electron chi connectivity index (χ1n) is 6.97. The van der Waals surface area contributed by atoms with Gasteiger partial charge in [-0.3, -0.25) is 14.9 Å². The largest absolute Gasteiger partial charge is 0.451 e. The Bertz CT molecular complexity index is 526. The van der Waals surface area contributed by atoms with E-state index >= 15 is 0 Å². The van der Waals surface area contributed by atoms with Gasteiger partial charge in [-0.05, 0) is 20.3 Å². The Hall–Kier alpha value is -1.77. The second kappa shape index (κ2) is 6.15. The number of hydrogen-bond donors (Lipinski definition) is 2. The van der Waals surface area contributed by atoms with Crippen LogP contribution in [0.3, 0.4) is 0 Å². The minimum atomic E-state index is -1.11. The molecule has 9 heteroatoms. The summed E-state index contributed by atoms with van der Waals surface area (Å²) in [6.45, 7) is 3.31. The quantitative estimate of drug-likeness (QED) is 0.697. The first kappa shape index (κ1) is 16.6. The first-order chi connectivity index (χ1) is 10.3. The summed E-state index contributed by atoms with van der Waals surface area (Å²) < 4.78 is 5.10. The molecule has 2 fully saturated rings. The van der Waals surface area contributed by atoms with Crippen LogP contribution < -0.4 is 10.6 Å². The third kappa shape index (κ3) is 3.03. The molecule has 22 heavy (non-hydrogen) atoms. The van der Waals surface area contributed by atoms with Crippen molar-refractivity contribution in [1.82, 2.24) is 15.5 Å². The molecule has 0 saturated carbocycles. The van der Waals surface area contributed by atoms with Crippen LogP contribution in [0.1, 0.15) is 26.7 Å². The molecule has 0 aliphatic carbocycles. The number of hydrogen-bond acceptors (Lipinski definition) is 6. The van der Waals surface area contributed by atoms with E-state index in [9.17, 15) is 19.2 Å². The number of amides is 4. The summed E-state index contributed by atoms with van der Waals surface area (Å²) in [5, 5.41) is 4.27. The van der Waals surface area contributed by atoms with Crippen molar-refractivity contribution in [2.24, 2.45) is 0 Å². The van der Waals surface area contributed by atoms with Gasteiger partial charge in [-0.15, -0.1) is 11.8 Å². The SMILES string of the molecule is CNC(=O)NC(=O)[C@@H](C)OC(=O)[C@@H]1CS[C@@]2(C)CCC(=O)N12. The molecule has 3 atom stereocenters. The topological polar surface area (TPSA) is 105 Å². The maximum Gasteiger partial charge on any atom is 0.330 e. The fraction of sp³-hybridized carbons (Fsp3) is 0.692. The fourth-order valence-corrected chi connectivity index (χ4v) is 3.99. The molecule has 2 N–H and O–H groups in total. The highest BCUT2D eigenvalue weighted by molar-refractivity contribution is 8.01. The van der Waals surface area contributed by atoms with Crippen LogP contribution in [0.25, 0.3) is 0 Å². The van der Waals surface area contributed by atoms with Gasteiger partial charge in [-0.2, -0.15) is 0 Å². The number of esters is 1. The normalized spacial score (nSPS) is 28.0. The number of nitrogens with one attached hydrogen (secondary N) is 2. The Balaban J connectivity index is 1.96. The van der Waals surface area contributed by atoms with E-state index in [1.807, 2.05) is 12.2 Å². The van der Waals surface area contributed by atoms with E-state index in [0.717, 1.165) is 0 Å². The van der Waals surface area contributed by atoms with Gasteiger partial charge in [0.25, 0.3) is 5.91 Å². The second-order valence-corrected chi connectivity index (χ2v) is 6.91. The number of rotatable bonds is 3. The highest BCUT2D eigenvalue weighted by Gasteiger charge is 2.53. The number of ether oxygens (including phenoxy) is 1. The number of thioether (sulfide) groups is 1. The first-order valence-corrected chi connectivity index (χ1v) is 7.96. The highest BCUT2D eigenvalue weighted by Crippen LogP contribution is 2.47. The molecule has 8 nitrogen and oxygen atoms in total. The monoisotopic (exact) mass is 329 g/mol. The lowest BCUT2D eigenvalue weighted by atomic mass is 10.2. The summed E-state index contributed by atoms with van der Waals surface area (Å²) in [4.78, 5) is 48.1. The molecule has 122 valence electrons. The average Bonchev–Trinajstić information content (AvgIpc) is 2.95. The van der Waals surface area contributed by atoms with E-state index in [0.29, 0.717) is 18.6 Å². The molecule has 4 amide bonds. The third-order valence-corrected chi connectivity index (χ3v) is 5.35. The van der Waals surface area contributed by atoms with Crippen molar-refractivity contribution < 1.29 is 23.9 Å². The van der Waals surface area contributed by atoms with Crippen LogP contribution in [-0.4, -0.2) is 58.5 Å². The number of nitrogens with zero attached hydrogens (tertiary/aromatic N) is 1. The molecule has 0 unspecified atom stereocenters. The molecule has 0 aromatic carbocycles. The zero-order chi connectivity index (χ0) is 16.5. The Kier molecular flexibility index (Phi) is 4.64. The zero-order valence-corrected chi connectivity index (χ0v) is 13.5. The molecule has 0 aromatic rings. The van der Waals surface area contributed by atoms with Gasteiger partial charge in [0.15, 0.2) is 6.10 Å². The minimum absolute atomic E-state index is 0.0723. The van der Waals surface area contributed by atoms with Gasteiger partial charge in [-0.25, -0.2) is 9.59 Å². The van der Waals surface area contributed by atoms with Gasteiger partial charge in [0.1, 0.15) is 6.04 Å². The minimum Gasteiger partial charge on any atom is -0.451 e. The van der Waals surface area contributed by atoms with Crippen molar-refractivity contribution in [3.63, 3.8) is 0 Å². The lowest BCUT2D eigenvalue weighted by Crippen LogP contribution is -2.49. The van der Waals surface area contributed by atoms with Crippen molar-refractivity contribution in [2.75, 3.05) is 12.8 Å².